The van der Waals surface area contributed by atoms with Gasteiger partial charge in [-0.25, -0.2) is 0 Å². The van der Waals surface area contributed by atoms with Crippen LogP contribution in [-0.4, -0.2) is 17.1 Å². The molecule has 1 saturated carbocycles. The van der Waals surface area contributed by atoms with E-state index in [1.807, 2.05) is 6.08 Å². The molecule has 3 N–H and O–H groups in total. The van der Waals surface area contributed by atoms with Gasteiger partial charge >= 0.3 is 5.97 Å². The lowest BCUT2D eigenvalue weighted by atomic mass is 9.90. The van der Waals surface area contributed by atoms with Crippen LogP contribution in [0.1, 0.15) is 6.42 Å². The fraction of sp³-hybridized carbons (Fsp3) is 0.625. The molecule has 1 fully saturated rings. The van der Waals surface area contributed by atoms with Gasteiger partial charge in [-0.3, -0.25) is 4.79 Å². The predicted octanol–water partition coefficient (Wildman–Crippen LogP) is 0.220. The molecule has 0 heterocycles. The first-order valence-corrected chi connectivity index (χ1v) is 3.87. The number of aliphatic carboxylic acids is 1. The smallest absolute Gasteiger partial charge is 0.308 e. The Balaban J connectivity index is 2.25. The van der Waals surface area contributed by atoms with Gasteiger partial charge in [0.2, 0.25) is 0 Å². The van der Waals surface area contributed by atoms with E-state index in [0.29, 0.717) is 5.92 Å². The van der Waals surface area contributed by atoms with Gasteiger partial charge in [-0.15, -0.1) is 0 Å². The Morgan fingerprint density at radius 1 is 1.45 bits per heavy atom. The first kappa shape index (κ1) is 6.85. The van der Waals surface area contributed by atoms with Gasteiger partial charge in [0, 0.05) is 6.04 Å². The third-order valence-electron chi connectivity index (χ3n) is 2.81. The largest absolute Gasteiger partial charge is 0.481 e. The summed E-state index contributed by atoms with van der Waals surface area (Å²) >= 11 is 0. The lowest BCUT2D eigenvalue weighted by Crippen LogP contribution is -2.38. The van der Waals surface area contributed by atoms with E-state index >= 15 is 0 Å². The molecular weight excluding hydrogens is 142 g/mol. The first-order valence-electron chi connectivity index (χ1n) is 3.87. The number of rotatable bonds is 1. The maximum absolute atomic E-state index is 10.7. The average molecular weight is 153 g/mol. The highest BCUT2D eigenvalue weighted by Gasteiger charge is 2.46. The van der Waals surface area contributed by atoms with Crippen LogP contribution in [0.4, 0.5) is 0 Å². The number of carboxylic acids is 1. The molecule has 0 saturated heterocycles. The van der Waals surface area contributed by atoms with Crippen molar-refractivity contribution in [2.75, 3.05) is 0 Å². The number of carboxylic acid groups (broad SMARTS) is 1. The van der Waals surface area contributed by atoms with Gasteiger partial charge in [-0.05, 0) is 18.3 Å². The molecule has 0 aromatic carbocycles. The summed E-state index contributed by atoms with van der Waals surface area (Å²) in [7, 11) is 0. The summed E-state index contributed by atoms with van der Waals surface area (Å²) in [5.74, 6) is -0.548. The third-order valence-corrected chi connectivity index (χ3v) is 2.81. The number of nitrogens with two attached hydrogens (primary N) is 1. The SMILES string of the molecule is N[C@H]1[C@@H](C(=O)O)[C@@H]2C=C[C@@H]1C2. The highest BCUT2D eigenvalue weighted by atomic mass is 16.4. The second-order valence-electron chi connectivity index (χ2n) is 3.39. The van der Waals surface area contributed by atoms with Gasteiger partial charge in [0.15, 0.2) is 0 Å². The Hall–Kier alpha value is -0.830. The van der Waals surface area contributed by atoms with Crippen LogP contribution in [0.25, 0.3) is 0 Å². The summed E-state index contributed by atoms with van der Waals surface area (Å²) in [6.45, 7) is 0. The van der Waals surface area contributed by atoms with E-state index in [1.165, 1.54) is 0 Å². The summed E-state index contributed by atoms with van der Waals surface area (Å²) in [5.41, 5.74) is 5.73. The Kier molecular flexibility index (Phi) is 1.29. The summed E-state index contributed by atoms with van der Waals surface area (Å²) in [6, 6.07) is -0.150. The predicted molar refractivity (Wildman–Crippen MR) is 39.8 cm³/mol. The maximum atomic E-state index is 10.7. The zero-order valence-electron chi connectivity index (χ0n) is 6.10. The molecule has 0 unspecified atom stereocenters. The van der Waals surface area contributed by atoms with Gasteiger partial charge in [-0.2, -0.15) is 0 Å². The highest BCUT2D eigenvalue weighted by molar-refractivity contribution is 5.72. The third kappa shape index (κ3) is 0.807. The van der Waals surface area contributed by atoms with Crippen LogP contribution >= 0.6 is 0 Å². The second-order valence-corrected chi connectivity index (χ2v) is 3.39. The van der Waals surface area contributed by atoms with Crippen LogP contribution in [0.5, 0.6) is 0 Å². The molecule has 0 aromatic heterocycles. The van der Waals surface area contributed by atoms with Crippen LogP contribution in [0.2, 0.25) is 0 Å². The number of fused-ring (bicyclic) bond motifs is 2. The molecule has 3 nitrogen and oxygen atoms in total. The van der Waals surface area contributed by atoms with E-state index in [1.54, 1.807) is 0 Å². The van der Waals surface area contributed by atoms with Crippen LogP contribution in [0.15, 0.2) is 12.2 Å². The van der Waals surface area contributed by atoms with E-state index in [4.69, 9.17) is 10.8 Å². The van der Waals surface area contributed by atoms with Crippen molar-refractivity contribution in [3.63, 3.8) is 0 Å². The minimum absolute atomic E-state index is 0.150. The van der Waals surface area contributed by atoms with Gasteiger partial charge in [0.1, 0.15) is 0 Å². The minimum atomic E-state index is -0.741. The molecule has 2 aliphatic carbocycles. The summed E-state index contributed by atoms with van der Waals surface area (Å²) in [4.78, 5) is 10.7. The number of hydrogen-bond donors (Lipinski definition) is 2. The molecule has 3 heteroatoms. The van der Waals surface area contributed by atoms with Crippen molar-refractivity contribution in [3.8, 4) is 0 Å². The van der Waals surface area contributed by atoms with E-state index in [2.05, 4.69) is 6.08 Å². The number of allylic oxidation sites excluding steroid dienone is 1. The van der Waals surface area contributed by atoms with Crippen molar-refractivity contribution in [3.05, 3.63) is 12.2 Å². The van der Waals surface area contributed by atoms with Gasteiger partial charge in [0.05, 0.1) is 5.92 Å². The molecule has 0 spiro atoms. The normalized spacial score (nSPS) is 46.6. The van der Waals surface area contributed by atoms with Gasteiger partial charge in [0.25, 0.3) is 0 Å². The summed E-state index contributed by atoms with van der Waals surface area (Å²) in [6.07, 6.45) is 4.99. The molecule has 60 valence electrons. The first-order chi connectivity index (χ1) is 5.20. The Morgan fingerprint density at radius 2 is 2.09 bits per heavy atom. The summed E-state index contributed by atoms with van der Waals surface area (Å²) in [5, 5.41) is 8.79. The van der Waals surface area contributed by atoms with Crippen molar-refractivity contribution >= 4 is 5.97 Å². The lowest BCUT2D eigenvalue weighted by Gasteiger charge is -2.19. The molecule has 2 bridgehead atoms. The van der Waals surface area contributed by atoms with Crippen molar-refractivity contribution in [2.45, 2.75) is 12.5 Å². The van der Waals surface area contributed by atoms with Gasteiger partial charge in [-0.1, -0.05) is 12.2 Å². The van der Waals surface area contributed by atoms with Crippen molar-refractivity contribution in [2.24, 2.45) is 23.5 Å². The fourth-order valence-electron chi connectivity index (χ4n) is 2.21. The van der Waals surface area contributed by atoms with Crippen molar-refractivity contribution in [1.82, 2.24) is 0 Å². The molecule has 0 amide bonds. The van der Waals surface area contributed by atoms with Gasteiger partial charge < -0.3 is 10.8 Å². The lowest BCUT2D eigenvalue weighted by molar-refractivity contribution is -0.143. The molecule has 0 aromatic rings. The van der Waals surface area contributed by atoms with E-state index in [9.17, 15) is 4.79 Å². The molecule has 4 atom stereocenters. The molecule has 0 aliphatic heterocycles. The highest BCUT2D eigenvalue weighted by Crippen LogP contribution is 2.42. The van der Waals surface area contributed by atoms with Crippen LogP contribution < -0.4 is 5.73 Å². The Morgan fingerprint density at radius 3 is 2.45 bits per heavy atom. The average Bonchev–Trinajstić information content (AvgIpc) is 2.44. The standard InChI is InChI=1S/C8H11NO2/c9-7-5-2-1-4(3-5)6(7)8(10)11/h1-2,4-7H,3,9H2,(H,10,11)/t4-,5-,6+,7-/m1/s1. The van der Waals surface area contributed by atoms with Crippen LogP contribution in [-0.2, 0) is 4.79 Å². The number of hydrogen-bond acceptors (Lipinski definition) is 2. The topological polar surface area (TPSA) is 63.3 Å². The molecule has 0 radical (unpaired) electrons. The van der Waals surface area contributed by atoms with E-state index < -0.39 is 5.97 Å². The second kappa shape index (κ2) is 2.08. The minimum Gasteiger partial charge on any atom is -0.481 e. The number of carbonyl (C=O) groups is 1. The quantitative estimate of drug-likeness (QED) is 0.530. The fourth-order valence-corrected chi connectivity index (χ4v) is 2.21. The van der Waals surface area contributed by atoms with E-state index in [-0.39, 0.29) is 17.9 Å². The van der Waals surface area contributed by atoms with Crippen molar-refractivity contribution < 1.29 is 9.90 Å². The van der Waals surface area contributed by atoms with E-state index in [0.717, 1.165) is 6.42 Å². The van der Waals surface area contributed by atoms with Crippen LogP contribution in [0.3, 0.4) is 0 Å². The monoisotopic (exact) mass is 153 g/mol. The zero-order valence-corrected chi connectivity index (χ0v) is 6.10. The molecule has 2 rings (SSSR count). The van der Waals surface area contributed by atoms with Crippen LogP contribution in [0, 0.1) is 17.8 Å². The Bertz CT molecular complexity index is 224. The molecule has 11 heavy (non-hydrogen) atoms. The Labute approximate surface area is 64.9 Å². The zero-order chi connectivity index (χ0) is 8.01. The molecule has 2 aliphatic rings. The summed E-state index contributed by atoms with van der Waals surface area (Å²) < 4.78 is 0. The maximum Gasteiger partial charge on any atom is 0.308 e. The molecular formula is C8H11NO2. The van der Waals surface area contributed by atoms with Crippen molar-refractivity contribution in [1.29, 1.82) is 0 Å².